The van der Waals surface area contributed by atoms with Crippen LogP contribution in [0.5, 0.6) is 0 Å². The number of benzene rings is 1. The molecule has 0 saturated carbocycles. The smallest absolute Gasteiger partial charge is 0.106 e. The Kier molecular flexibility index (Phi) is 4.70. The molecule has 2 atom stereocenters. The zero-order valence-corrected chi connectivity index (χ0v) is 9.22. The molecule has 0 bridgehead atoms. The topological polar surface area (TPSA) is 98.7 Å². The van der Waals surface area contributed by atoms with Crippen LogP contribution in [0.25, 0.3) is 0 Å². The van der Waals surface area contributed by atoms with Crippen LogP contribution < -0.4 is 11.1 Å². The van der Waals surface area contributed by atoms with Crippen molar-refractivity contribution in [3.05, 3.63) is 29.3 Å². The first-order valence-corrected chi connectivity index (χ1v) is 5.10. The van der Waals surface area contributed by atoms with Crippen LogP contribution in [0.2, 0.25) is 0 Å². The lowest BCUT2D eigenvalue weighted by molar-refractivity contribution is 0.0201. The summed E-state index contributed by atoms with van der Waals surface area (Å²) in [6.07, 6.45) is -1.88. The van der Waals surface area contributed by atoms with Crippen LogP contribution in [0, 0.1) is 0 Å². The lowest BCUT2D eigenvalue weighted by atomic mass is 10.0. The molecule has 0 fully saturated rings. The van der Waals surface area contributed by atoms with Crippen molar-refractivity contribution in [1.29, 1.82) is 0 Å². The second-order valence-electron chi connectivity index (χ2n) is 3.69. The van der Waals surface area contributed by atoms with Crippen LogP contribution in [0.15, 0.2) is 18.2 Å². The van der Waals surface area contributed by atoms with Crippen LogP contribution in [-0.2, 0) is 6.61 Å². The van der Waals surface area contributed by atoms with Gasteiger partial charge >= 0.3 is 0 Å². The van der Waals surface area contributed by atoms with Crippen molar-refractivity contribution in [2.45, 2.75) is 18.8 Å². The Hall–Kier alpha value is -1.14. The minimum atomic E-state index is -0.988. The summed E-state index contributed by atoms with van der Waals surface area (Å²) in [5.41, 5.74) is 7.18. The molecule has 0 aliphatic heterocycles. The van der Waals surface area contributed by atoms with Gasteiger partial charge in [0, 0.05) is 17.8 Å². The maximum Gasteiger partial charge on any atom is 0.106 e. The molecule has 1 aromatic carbocycles. The molecule has 0 aliphatic rings. The standard InChI is InChI=1S/C11H18N2O3/c1-13-5-10(15)11(16)7-2-3-9(12)8(4-7)6-14/h2-4,10-11,13-16H,5-6,12H2,1H3. The number of hydrogen-bond acceptors (Lipinski definition) is 5. The number of likely N-dealkylation sites (N-methyl/N-ethyl adjacent to an activating group) is 1. The Morgan fingerprint density at radius 3 is 2.62 bits per heavy atom. The van der Waals surface area contributed by atoms with E-state index in [-0.39, 0.29) is 6.61 Å². The highest BCUT2D eigenvalue weighted by molar-refractivity contribution is 5.48. The molecular formula is C11H18N2O3. The third kappa shape index (κ3) is 2.93. The number of nitrogens with one attached hydrogen (secondary N) is 1. The van der Waals surface area contributed by atoms with Gasteiger partial charge in [-0.1, -0.05) is 6.07 Å². The first-order valence-electron chi connectivity index (χ1n) is 5.10. The van der Waals surface area contributed by atoms with Gasteiger partial charge in [-0.25, -0.2) is 0 Å². The van der Waals surface area contributed by atoms with Gasteiger partial charge in [-0.15, -0.1) is 0 Å². The van der Waals surface area contributed by atoms with Crippen LogP contribution in [0.4, 0.5) is 5.69 Å². The highest BCUT2D eigenvalue weighted by atomic mass is 16.3. The summed E-state index contributed by atoms with van der Waals surface area (Å²) in [6, 6.07) is 4.84. The van der Waals surface area contributed by atoms with Gasteiger partial charge in [-0.3, -0.25) is 0 Å². The third-order valence-electron chi connectivity index (χ3n) is 2.46. The van der Waals surface area contributed by atoms with E-state index in [2.05, 4.69) is 5.32 Å². The first-order chi connectivity index (χ1) is 7.60. The molecule has 1 aromatic rings. The van der Waals surface area contributed by atoms with E-state index in [4.69, 9.17) is 10.8 Å². The largest absolute Gasteiger partial charge is 0.398 e. The molecule has 0 aliphatic carbocycles. The maximum atomic E-state index is 9.82. The van der Waals surface area contributed by atoms with E-state index in [1.807, 2.05) is 0 Å². The summed E-state index contributed by atoms with van der Waals surface area (Å²) >= 11 is 0. The number of nitrogen functional groups attached to an aromatic ring is 1. The first kappa shape index (κ1) is 12.9. The highest BCUT2D eigenvalue weighted by Gasteiger charge is 2.18. The molecule has 5 nitrogen and oxygen atoms in total. The Balaban J connectivity index is 2.87. The van der Waals surface area contributed by atoms with Crippen molar-refractivity contribution in [3.8, 4) is 0 Å². The van der Waals surface area contributed by atoms with E-state index >= 15 is 0 Å². The lowest BCUT2D eigenvalue weighted by Gasteiger charge is -2.18. The minimum Gasteiger partial charge on any atom is -0.398 e. The quantitative estimate of drug-likeness (QED) is 0.431. The summed E-state index contributed by atoms with van der Waals surface area (Å²) in [5.74, 6) is 0. The maximum absolute atomic E-state index is 9.82. The Morgan fingerprint density at radius 2 is 2.06 bits per heavy atom. The molecule has 0 radical (unpaired) electrons. The van der Waals surface area contributed by atoms with E-state index in [0.29, 0.717) is 23.4 Å². The van der Waals surface area contributed by atoms with Crippen LogP contribution in [0.3, 0.4) is 0 Å². The Bertz CT molecular complexity index is 344. The molecule has 0 aromatic heterocycles. The van der Waals surface area contributed by atoms with Gasteiger partial charge in [0.2, 0.25) is 0 Å². The van der Waals surface area contributed by atoms with Crippen LogP contribution >= 0.6 is 0 Å². The fourth-order valence-corrected chi connectivity index (χ4v) is 1.49. The molecule has 5 heteroatoms. The zero-order chi connectivity index (χ0) is 12.1. The second kappa shape index (κ2) is 5.81. The summed E-state index contributed by atoms with van der Waals surface area (Å²) in [5, 5.41) is 31.2. The number of aliphatic hydroxyl groups excluding tert-OH is 3. The van der Waals surface area contributed by atoms with Gasteiger partial charge in [0.15, 0.2) is 0 Å². The van der Waals surface area contributed by atoms with E-state index in [9.17, 15) is 10.2 Å². The summed E-state index contributed by atoms with van der Waals surface area (Å²) in [7, 11) is 1.69. The molecule has 90 valence electrons. The summed E-state index contributed by atoms with van der Waals surface area (Å²) in [4.78, 5) is 0. The fourth-order valence-electron chi connectivity index (χ4n) is 1.49. The van der Waals surface area contributed by atoms with E-state index in [0.717, 1.165) is 0 Å². The van der Waals surface area contributed by atoms with E-state index < -0.39 is 12.2 Å². The van der Waals surface area contributed by atoms with Gasteiger partial charge in [0.1, 0.15) is 6.10 Å². The van der Waals surface area contributed by atoms with Gasteiger partial charge in [-0.2, -0.15) is 0 Å². The van der Waals surface area contributed by atoms with Gasteiger partial charge < -0.3 is 26.4 Å². The highest BCUT2D eigenvalue weighted by Crippen LogP contribution is 2.21. The molecule has 0 heterocycles. The van der Waals surface area contributed by atoms with Crippen LogP contribution in [-0.4, -0.2) is 35.0 Å². The number of aliphatic hydroxyl groups is 3. The molecule has 6 N–H and O–H groups in total. The summed E-state index contributed by atoms with van der Waals surface area (Å²) in [6.45, 7) is 0.106. The molecule has 0 amide bonds. The van der Waals surface area contributed by atoms with Crippen molar-refractivity contribution >= 4 is 5.69 Å². The zero-order valence-electron chi connectivity index (χ0n) is 9.22. The number of nitrogens with two attached hydrogens (primary N) is 1. The normalized spacial score (nSPS) is 14.8. The van der Waals surface area contributed by atoms with E-state index in [1.54, 1.807) is 25.2 Å². The lowest BCUT2D eigenvalue weighted by Crippen LogP contribution is -2.29. The monoisotopic (exact) mass is 226 g/mol. The van der Waals surface area contributed by atoms with Crippen LogP contribution in [0.1, 0.15) is 17.2 Å². The van der Waals surface area contributed by atoms with Gasteiger partial charge in [0.25, 0.3) is 0 Å². The molecule has 0 spiro atoms. The molecule has 0 saturated heterocycles. The molecule has 1 rings (SSSR count). The second-order valence-corrected chi connectivity index (χ2v) is 3.69. The summed E-state index contributed by atoms with van der Waals surface area (Å²) < 4.78 is 0. The number of hydrogen-bond donors (Lipinski definition) is 5. The predicted molar refractivity (Wildman–Crippen MR) is 61.7 cm³/mol. The Labute approximate surface area is 94.5 Å². The molecule has 16 heavy (non-hydrogen) atoms. The molecule has 2 unspecified atom stereocenters. The Morgan fingerprint density at radius 1 is 1.38 bits per heavy atom. The van der Waals surface area contributed by atoms with Crippen molar-refractivity contribution < 1.29 is 15.3 Å². The van der Waals surface area contributed by atoms with Crippen molar-refractivity contribution in [2.24, 2.45) is 0 Å². The SMILES string of the molecule is CNCC(O)C(O)c1ccc(N)c(CO)c1. The van der Waals surface area contributed by atoms with Gasteiger partial charge in [0.05, 0.1) is 12.7 Å². The fraction of sp³-hybridized carbons (Fsp3) is 0.455. The number of rotatable bonds is 5. The van der Waals surface area contributed by atoms with Gasteiger partial charge in [-0.05, 0) is 24.7 Å². The van der Waals surface area contributed by atoms with Crippen molar-refractivity contribution in [2.75, 3.05) is 19.3 Å². The average Bonchev–Trinajstić information content (AvgIpc) is 2.29. The minimum absolute atomic E-state index is 0.186. The van der Waals surface area contributed by atoms with E-state index in [1.165, 1.54) is 0 Å². The predicted octanol–water partition coefficient (Wildman–Crippen LogP) is -0.625. The van der Waals surface area contributed by atoms with Crippen molar-refractivity contribution in [3.63, 3.8) is 0 Å². The average molecular weight is 226 g/mol. The third-order valence-corrected chi connectivity index (χ3v) is 2.46. The molecular weight excluding hydrogens is 208 g/mol. The number of anilines is 1. The van der Waals surface area contributed by atoms with Crippen molar-refractivity contribution in [1.82, 2.24) is 5.32 Å².